The molecule has 4 N–H and O–H groups in total. The summed E-state index contributed by atoms with van der Waals surface area (Å²) < 4.78 is 7.41. The van der Waals surface area contributed by atoms with Crippen LogP contribution in [0.5, 0.6) is 0 Å². The Morgan fingerprint density at radius 2 is 1.69 bits per heavy atom. The average Bonchev–Trinajstić information content (AvgIpc) is 3.49. The van der Waals surface area contributed by atoms with Crippen LogP contribution in [0.25, 0.3) is 17.4 Å². The van der Waals surface area contributed by atoms with Crippen LogP contribution in [0.1, 0.15) is 33.1 Å². The van der Waals surface area contributed by atoms with Crippen LogP contribution in [0.4, 0.5) is 17.2 Å². The van der Waals surface area contributed by atoms with Crippen molar-refractivity contribution in [3.05, 3.63) is 101 Å². The number of hydrogen-bond donors (Lipinski definition) is 3. The summed E-state index contributed by atoms with van der Waals surface area (Å²) in [6.07, 6.45) is 0.0853. The van der Waals surface area contributed by atoms with E-state index in [1.807, 2.05) is 32.9 Å². The van der Waals surface area contributed by atoms with Gasteiger partial charge in [0.15, 0.2) is 17.4 Å². The quantitative estimate of drug-likeness (QED) is 0.260. The van der Waals surface area contributed by atoms with Crippen molar-refractivity contribution in [1.29, 1.82) is 0 Å². The van der Waals surface area contributed by atoms with Crippen LogP contribution in [-0.4, -0.2) is 31.6 Å². The summed E-state index contributed by atoms with van der Waals surface area (Å²) in [5, 5.41) is 10.2. The van der Waals surface area contributed by atoms with Gasteiger partial charge in [-0.2, -0.15) is 5.10 Å². The first-order chi connectivity index (χ1) is 18.7. The van der Waals surface area contributed by atoms with Crippen LogP contribution in [0.3, 0.4) is 0 Å². The molecule has 0 radical (unpaired) electrons. The molecule has 0 saturated carbocycles. The number of hydrogen-bond acceptors (Lipinski definition) is 7. The van der Waals surface area contributed by atoms with E-state index in [0.29, 0.717) is 40.2 Å². The Morgan fingerprint density at radius 1 is 0.923 bits per heavy atom. The molecular formula is C29H27N7O3. The number of nitrogens with one attached hydrogen (secondary N) is 2. The minimum Gasteiger partial charge on any atom is -0.458 e. The van der Waals surface area contributed by atoms with Crippen molar-refractivity contribution in [2.24, 2.45) is 0 Å². The van der Waals surface area contributed by atoms with E-state index >= 15 is 0 Å². The van der Waals surface area contributed by atoms with Gasteiger partial charge in [-0.3, -0.25) is 9.59 Å². The van der Waals surface area contributed by atoms with Crippen LogP contribution < -0.4 is 16.4 Å². The summed E-state index contributed by atoms with van der Waals surface area (Å²) >= 11 is 0. The molecule has 0 saturated heterocycles. The number of aryl methyl sites for hydroxylation is 3. The first-order valence-electron chi connectivity index (χ1n) is 12.3. The molecule has 0 spiro atoms. The van der Waals surface area contributed by atoms with Crippen LogP contribution in [0.2, 0.25) is 0 Å². The van der Waals surface area contributed by atoms with Crippen LogP contribution >= 0.6 is 0 Å². The van der Waals surface area contributed by atoms with E-state index in [4.69, 9.17) is 10.2 Å². The average molecular weight is 522 g/mol. The molecule has 5 aromatic rings. The summed E-state index contributed by atoms with van der Waals surface area (Å²) in [6, 6.07) is 21.1. The number of benzene rings is 2. The van der Waals surface area contributed by atoms with Gasteiger partial charge in [0.1, 0.15) is 11.6 Å². The van der Waals surface area contributed by atoms with Crippen LogP contribution in [0, 0.1) is 20.8 Å². The Kier molecular flexibility index (Phi) is 6.92. The lowest BCUT2D eigenvalue weighted by molar-refractivity contribution is -0.115. The minimum atomic E-state index is -0.290. The second-order valence-electron chi connectivity index (χ2n) is 9.15. The molecular weight excluding hydrogens is 494 g/mol. The largest absolute Gasteiger partial charge is 0.458 e. The zero-order valence-corrected chi connectivity index (χ0v) is 21.7. The van der Waals surface area contributed by atoms with Crippen LogP contribution in [0.15, 0.2) is 77.2 Å². The standard InChI is InChI=1S/C29H27N7O3/c1-17-14-18(2)36(35-17)26-16-25(33-28(34-26)24-13-8-19(3)39-24)32-27(37)15-20-9-11-21(12-10-20)29(38)31-23-7-5-4-6-22(23)30/h4-14,16H,15,30H2,1-3H3,(H,31,38)(H,32,33,34,37). The number of carbonyl (C=O) groups is 2. The maximum absolute atomic E-state index is 12.9. The third-order valence-electron chi connectivity index (χ3n) is 5.96. The number of nitrogens with two attached hydrogens (primary N) is 1. The third-order valence-corrected chi connectivity index (χ3v) is 5.96. The summed E-state index contributed by atoms with van der Waals surface area (Å²) in [7, 11) is 0. The molecule has 0 aliphatic heterocycles. The summed E-state index contributed by atoms with van der Waals surface area (Å²) in [5.41, 5.74) is 9.85. The normalized spacial score (nSPS) is 10.8. The molecule has 196 valence electrons. The molecule has 10 nitrogen and oxygen atoms in total. The van der Waals surface area contributed by atoms with Crippen molar-refractivity contribution >= 4 is 29.0 Å². The molecule has 2 aromatic carbocycles. The predicted molar refractivity (Wildman–Crippen MR) is 149 cm³/mol. The molecule has 0 bridgehead atoms. The smallest absolute Gasteiger partial charge is 0.255 e. The lowest BCUT2D eigenvalue weighted by Gasteiger charge is -2.10. The van der Waals surface area contributed by atoms with Gasteiger partial charge in [0.05, 0.1) is 23.5 Å². The van der Waals surface area contributed by atoms with E-state index in [-0.39, 0.29) is 18.2 Å². The van der Waals surface area contributed by atoms with Crippen molar-refractivity contribution in [1.82, 2.24) is 19.7 Å². The lowest BCUT2D eigenvalue weighted by Crippen LogP contribution is -2.17. The van der Waals surface area contributed by atoms with Crippen molar-refractivity contribution in [3.63, 3.8) is 0 Å². The van der Waals surface area contributed by atoms with E-state index in [2.05, 4.69) is 25.7 Å². The number of nitrogens with zero attached hydrogens (tertiary/aromatic N) is 4. The molecule has 3 aromatic heterocycles. The number of para-hydroxylation sites is 2. The maximum Gasteiger partial charge on any atom is 0.255 e. The molecule has 3 heterocycles. The summed E-state index contributed by atoms with van der Waals surface area (Å²) in [4.78, 5) is 34.6. The Bertz CT molecular complexity index is 1670. The number of anilines is 3. The van der Waals surface area contributed by atoms with E-state index in [1.165, 1.54) is 0 Å². The van der Waals surface area contributed by atoms with Gasteiger partial charge in [-0.05, 0) is 68.8 Å². The molecule has 0 aliphatic carbocycles. The Labute approximate surface area is 224 Å². The topological polar surface area (TPSA) is 141 Å². The van der Waals surface area contributed by atoms with Gasteiger partial charge < -0.3 is 20.8 Å². The number of nitrogen functional groups attached to an aromatic ring is 1. The zero-order chi connectivity index (χ0) is 27.5. The number of rotatable bonds is 7. The van der Waals surface area contributed by atoms with E-state index in [1.54, 1.807) is 65.3 Å². The van der Waals surface area contributed by atoms with Gasteiger partial charge in [0.2, 0.25) is 5.91 Å². The van der Waals surface area contributed by atoms with Gasteiger partial charge in [-0.1, -0.05) is 24.3 Å². The SMILES string of the molecule is Cc1cc(C)n(-c2cc(NC(=O)Cc3ccc(C(=O)Nc4ccccc4N)cc3)nc(-c3ccc(C)o3)n2)n1. The highest BCUT2D eigenvalue weighted by atomic mass is 16.3. The van der Waals surface area contributed by atoms with E-state index < -0.39 is 0 Å². The van der Waals surface area contributed by atoms with Crippen molar-refractivity contribution < 1.29 is 14.0 Å². The van der Waals surface area contributed by atoms with E-state index in [0.717, 1.165) is 22.7 Å². The molecule has 10 heteroatoms. The van der Waals surface area contributed by atoms with Gasteiger partial charge in [0, 0.05) is 17.3 Å². The van der Waals surface area contributed by atoms with Crippen molar-refractivity contribution in [2.75, 3.05) is 16.4 Å². The van der Waals surface area contributed by atoms with Crippen LogP contribution in [-0.2, 0) is 11.2 Å². The fraction of sp³-hybridized carbons (Fsp3) is 0.138. The monoisotopic (exact) mass is 521 g/mol. The highest BCUT2D eigenvalue weighted by molar-refractivity contribution is 6.05. The number of aromatic nitrogens is 4. The first-order valence-corrected chi connectivity index (χ1v) is 12.3. The molecule has 39 heavy (non-hydrogen) atoms. The Balaban J connectivity index is 1.32. The minimum absolute atomic E-state index is 0.0853. The van der Waals surface area contributed by atoms with Crippen molar-refractivity contribution in [2.45, 2.75) is 27.2 Å². The Morgan fingerprint density at radius 3 is 2.36 bits per heavy atom. The Hall–Kier alpha value is -5.25. The molecule has 0 atom stereocenters. The first kappa shape index (κ1) is 25.4. The van der Waals surface area contributed by atoms with Gasteiger partial charge >= 0.3 is 0 Å². The fourth-order valence-electron chi connectivity index (χ4n) is 4.08. The predicted octanol–water partition coefficient (Wildman–Crippen LogP) is 4.86. The van der Waals surface area contributed by atoms with Crippen molar-refractivity contribution in [3.8, 4) is 17.4 Å². The van der Waals surface area contributed by atoms with Gasteiger partial charge in [-0.25, -0.2) is 14.6 Å². The fourth-order valence-corrected chi connectivity index (χ4v) is 4.08. The second kappa shape index (κ2) is 10.6. The number of amides is 2. The molecule has 0 fully saturated rings. The molecule has 0 unspecified atom stereocenters. The zero-order valence-electron chi connectivity index (χ0n) is 21.7. The highest BCUT2D eigenvalue weighted by Gasteiger charge is 2.16. The summed E-state index contributed by atoms with van der Waals surface area (Å²) in [6.45, 7) is 5.66. The molecule has 2 amide bonds. The molecule has 5 rings (SSSR count). The maximum atomic E-state index is 12.9. The lowest BCUT2D eigenvalue weighted by atomic mass is 10.1. The number of furan rings is 1. The molecule has 0 aliphatic rings. The summed E-state index contributed by atoms with van der Waals surface area (Å²) in [5.74, 6) is 1.80. The van der Waals surface area contributed by atoms with Gasteiger partial charge in [-0.15, -0.1) is 0 Å². The third kappa shape index (κ3) is 5.85. The van der Waals surface area contributed by atoms with Gasteiger partial charge in [0.25, 0.3) is 5.91 Å². The number of carbonyl (C=O) groups excluding carboxylic acids is 2. The van der Waals surface area contributed by atoms with E-state index in [9.17, 15) is 9.59 Å². The highest BCUT2D eigenvalue weighted by Crippen LogP contribution is 2.23. The second-order valence-corrected chi connectivity index (χ2v) is 9.15.